The molecule has 0 radical (unpaired) electrons. The molecule has 0 heterocycles. The van der Waals surface area contributed by atoms with Crippen LogP contribution in [0.2, 0.25) is 0 Å². The van der Waals surface area contributed by atoms with Crippen molar-refractivity contribution in [1.82, 2.24) is 5.32 Å². The molecule has 0 spiro atoms. The molecule has 68 valence electrons. The molecular weight excluding hydrogens is 154 g/mol. The van der Waals surface area contributed by atoms with Gasteiger partial charge in [-0.25, -0.2) is 4.79 Å². The summed E-state index contributed by atoms with van der Waals surface area (Å²) < 4.78 is 4.66. The van der Waals surface area contributed by atoms with Crippen molar-refractivity contribution in [2.45, 2.75) is 20.3 Å². The third kappa shape index (κ3) is 6.86. The standard InChI is InChI=1S/C9H15NO2/c1-3-5-6-8-12-9(11)10-7-4-2/h3,5-6,8H,4,7H2,1-2H3,(H,10,11). The van der Waals surface area contributed by atoms with Crippen LogP contribution in [0.1, 0.15) is 20.3 Å². The van der Waals surface area contributed by atoms with Crippen molar-refractivity contribution in [3.63, 3.8) is 0 Å². The zero-order valence-electron chi connectivity index (χ0n) is 7.54. The van der Waals surface area contributed by atoms with E-state index in [4.69, 9.17) is 0 Å². The molecule has 0 aromatic rings. The van der Waals surface area contributed by atoms with Gasteiger partial charge in [-0.15, -0.1) is 0 Å². The van der Waals surface area contributed by atoms with Gasteiger partial charge >= 0.3 is 6.09 Å². The molecule has 0 aromatic carbocycles. The van der Waals surface area contributed by atoms with E-state index in [0.717, 1.165) is 6.42 Å². The largest absolute Gasteiger partial charge is 0.418 e. The lowest BCUT2D eigenvalue weighted by Crippen LogP contribution is -2.23. The first-order chi connectivity index (χ1) is 5.81. The van der Waals surface area contributed by atoms with Crippen molar-refractivity contribution >= 4 is 6.09 Å². The minimum atomic E-state index is -0.405. The van der Waals surface area contributed by atoms with Crippen LogP contribution in [-0.2, 0) is 4.74 Å². The molecule has 0 aliphatic carbocycles. The maximum atomic E-state index is 10.8. The number of alkyl carbamates (subject to hydrolysis) is 1. The summed E-state index contributed by atoms with van der Waals surface area (Å²) in [7, 11) is 0. The van der Waals surface area contributed by atoms with Gasteiger partial charge in [-0.05, 0) is 19.4 Å². The molecule has 1 N–H and O–H groups in total. The summed E-state index contributed by atoms with van der Waals surface area (Å²) in [6, 6.07) is 0. The molecule has 0 aliphatic heterocycles. The normalized spacial score (nSPS) is 10.8. The van der Waals surface area contributed by atoms with Crippen molar-refractivity contribution in [2.24, 2.45) is 0 Å². The van der Waals surface area contributed by atoms with Gasteiger partial charge < -0.3 is 10.1 Å². The van der Waals surface area contributed by atoms with E-state index in [1.54, 1.807) is 12.2 Å². The van der Waals surface area contributed by atoms with Crippen LogP contribution in [0.25, 0.3) is 0 Å². The third-order valence-corrected chi connectivity index (χ3v) is 1.08. The van der Waals surface area contributed by atoms with Crippen LogP contribution >= 0.6 is 0 Å². The quantitative estimate of drug-likeness (QED) is 0.517. The third-order valence-electron chi connectivity index (χ3n) is 1.08. The Morgan fingerprint density at radius 3 is 2.83 bits per heavy atom. The second-order valence-corrected chi connectivity index (χ2v) is 2.19. The number of rotatable bonds is 4. The van der Waals surface area contributed by atoms with Crippen LogP contribution in [-0.4, -0.2) is 12.6 Å². The lowest BCUT2D eigenvalue weighted by atomic mass is 10.5. The number of carbonyl (C=O) groups excluding carboxylic acids is 1. The molecule has 0 aromatic heterocycles. The average molecular weight is 169 g/mol. The van der Waals surface area contributed by atoms with E-state index in [-0.39, 0.29) is 0 Å². The fourth-order valence-electron chi connectivity index (χ4n) is 0.526. The predicted molar refractivity (Wildman–Crippen MR) is 48.7 cm³/mol. The van der Waals surface area contributed by atoms with Gasteiger partial charge in [0, 0.05) is 6.54 Å². The topological polar surface area (TPSA) is 38.3 Å². The molecule has 0 aliphatic rings. The van der Waals surface area contributed by atoms with E-state index in [1.165, 1.54) is 6.26 Å². The summed E-state index contributed by atoms with van der Waals surface area (Å²) in [4.78, 5) is 10.8. The molecule has 0 rings (SSSR count). The average Bonchev–Trinajstić information content (AvgIpc) is 2.09. The van der Waals surface area contributed by atoms with Gasteiger partial charge in [-0.2, -0.15) is 0 Å². The van der Waals surface area contributed by atoms with Crippen molar-refractivity contribution in [3.8, 4) is 0 Å². The Balaban J connectivity index is 3.43. The maximum Gasteiger partial charge on any atom is 0.412 e. The Morgan fingerprint density at radius 1 is 1.50 bits per heavy atom. The summed E-state index contributed by atoms with van der Waals surface area (Å²) in [6.45, 7) is 4.52. The highest BCUT2D eigenvalue weighted by atomic mass is 16.5. The minimum absolute atomic E-state index is 0.405. The number of carbonyl (C=O) groups is 1. The van der Waals surface area contributed by atoms with E-state index in [0.29, 0.717) is 6.54 Å². The maximum absolute atomic E-state index is 10.8. The Morgan fingerprint density at radius 2 is 2.25 bits per heavy atom. The molecule has 0 fully saturated rings. The molecule has 12 heavy (non-hydrogen) atoms. The minimum Gasteiger partial charge on any atom is -0.418 e. The van der Waals surface area contributed by atoms with Crippen LogP contribution in [0.15, 0.2) is 24.5 Å². The molecule has 0 saturated heterocycles. The Labute approximate surface area is 73.1 Å². The lowest BCUT2D eigenvalue weighted by molar-refractivity contribution is 0.185. The Hall–Kier alpha value is -1.25. The van der Waals surface area contributed by atoms with Crippen LogP contribution in [0.5, 0.6) is 0 Å². The molecule has 3 heteroatoms. The molecular formula is C9H15NO2. The van der Waals surface area contributed by atoms with Crippen LogP contribution in [0, 0.1) is 0 Å². The second kappa shape index (κ2) is 7.85. The fraction of sp³-hybridized carbons (Fsp3) is 0.444. The fourth-order valence-corrected chi connectivity index (χ4v) is 0.526. The van der Waals surface area contributed by atoms with Crippen molar-refractivity contribution in [1.29, 1.82) is 0 Å². The molecule has 1 amide bonds. The molecule has 3 nitrogen and oxygen atoms in total. The van der Waals surface area contributed by atoms with Crippen LogP contribution in [0.4, 0.5) is 4.79 Å². The van der Waals surface area contributed by atoms with E-state index in [2.05, 4.69) is 10.1 Å². The zero-order chi connectivity index (χ0) is 9.23. The highest BCUT2D eigenvalue weighted by Crippen LogP contribution is 1.82. The number of ether oxygens (including phenoxy) is 1. The highest BCUT2D eigenvalue weighted by Gasteiger charge is 1.94. The van der Waals surface area contributed by atoms with E-state index in [9.17, 15) is 4.79 Å². The summed E-state index contributed by atoms with van der Waals surface area (Å²) >= 11 is 0. The smallest absolute Gasteiger partial charge is 0.412 e. The Kier molecular flexibility index (Phi) is 7.03. The lowest BCUT2D eigenvalue weighted by Gasteiger charge is -1.99. The number of hydrogen-bond donors (Lipinski definition) is 1. The number of hydrogen-bond acceptors (Lipinski definition) is 2. The first-order valence-corrected chi connectivity index (χ1v) is 4.03. The van der Waals surface area contributed by atoms with Crippen molar-refractivity contribution in [3.05, 3.63) is 24.5 Å². The van der Waals surface area contributed by atoms with Crippen LogP contribution in [0.3, 0.4) is 0 Å². The van der Waals surface area contributed by atoms with Gasteiger partial charge in [0.2, 0.25) is 0 Å². The monoisotopic (exact) mass is 169 g/mol. The van der Waals surface area contributed by atoms with Gasteiger partial charge in [0.1, 0.15) is 0 Å². The SMILES string of the molecule is CC=CC=COC(=O)NCCC. The number of nitrogens with one attached hydrogen (secondary N) is 1. The van der Waals surface area contributed by atoms with Gasteiger partial charge in [-0.3, -0.25) is 0 Å². The van der Waals surface area contributed by atoms with Crippen molar-refractivity contribution < 1.29 is 9.53 Å². The van der Waals surface area contributed by atoms with E-state index < -0.39 is 6.09 Å². The Bertz CT molecular complexity index is 173. The van der Waals surface area contributed by atoms with Gasteiger partial charge in [-0.1, -0.05) is 19.1 Å². The number of amides is 1. The highest BCUT2D eigenvalue weighted by molar-refractivity contribution is 5.67. The van der Waals surface area contributed by atoms with Gasteiger partial charge in [0.25, 0.3) is 0 Å². The predicted octanol–water partition coefficient (Wildman–Crippen LogP) is 2.21. The summed E-state index contributed by atoms with van der Waals surface area (Å²) in [5.74, 6) is 0. The molecule has 0 bridgehead atoms. The van der Waals surface area contributed by atoms with Crippen LogP contribution < -0.4 is 5.32 Å². The van der Waals surface area contributed by atoms with E-state index >= 15 is 0 Å². The second-order valence-electron chi connectivity index (χ2n) is 2.19. The zero-order valence-corrected chi connectivity index (χ0v) is 7.54. The number of allylic oxidation sites excluding steroid dienone is 3. The summed E-state index contributed by atoms with van der Waals surface area (Å²) in [5, 5.41) is 2.57. The molecule has 0 unspecified atom stereocenters. The summed E-state index contributed by atoms with van der Waals surface area (Å²) in [6.07, 6.45) is 7.15. The first kappa shape index (κ1) is 10.8. The molecule has 0 saturated carbocycles. The summed E-state index contributed by atoms with van der Waals surface area (Å²) in [5.41, 5.74) is 0. The van der Waals surface area contributed by atoms with E-state index in [1.807, 2.05) is 19.9 Å². The first-order valence-electron chi connectivity index (χ1n) is 4.03. The van der Waals surface area contributed by atoms with Crippen molar-refractivity contribution in [2.75, 3.05) is 6.54 Å². The van der Waals surface area contributed by atoms with Gasteiger partial charge in [0.05, 0.1) is 6.26 Å². The van der Waals surface area contributed by atoms with Gasteiger partial charge in [0.15, 0.2) is 0 Å². The molecule has 0 atom stereocenters.